The number of amides is 1. The van der Waals surface area contributed by atoms with Crippen molar-refractivity contribution in [2.24, 2.45) is 5.92 Å². The molecular weight excluding hydrogens is 296 g/mol. The molecule has 1 aliphatic rings. The number of ether oxygens (including phenoxy) is 1. The second-order valence-corrected chi connectivity index (χ2v) is 6.46. The Kier molecular flexibility index (Phi) is 6.19. The number of anilines is 1. The first-order chi connectivity index (χ1) is 10.5. The average Bonchev–Trinajstić information content (AvgIpc) is 2.93. The molecule has 0 unspecified atom stereocenters. The van der Waals surface area contributed by atoms with Crippen LogP contribution in [0.3, 0.4) is 0 Å². The maximum absolute atomic E-state index is 11.9. The molecule has 1 aliphatic carbocycles. The van der Waals surface area contributed by atoms with E-state index in [0.29, 0.717) is 17.5 Å². The molecule has 0 radical (unpaired) electrons. The molecule has 4 nitrogen and oxygen atoms in total. The second kappa shape index (κ2) is 8.13. The summed E-state index contributed by atoms with van der Waals surface area (Å²) in [4.78, 5) is 11.9. The van der Waals surface area contributed by atoms with Gasteiger partial charge in [-0.2, -0.15) is 0 Å². The molecule has 0 heterocycles. The number of thiocarbonyl (C=S) groups is 1. The lowest BCUT2D eigenvalue weighted by Gasteiger charge is -2.13. The van der Waals surface area contributed by atoms with Gasteiger partial charge >= 0.3 is 0 Å². The molecule has 0 saturated heterocycles. The van der Waals surface area contributed by atoms with Crippen LogP contribution in [0.15, 0.2) is 24.3 Å². The predicted molar refractivity (Wildman–Crippen MR) is 93.1 cm³/mol. The van der Waals surface area contributed by atoms with Crippen molar-refractivity contribution >= 4 is 28.9 Å². The topological polar surface area (TPSA) is 50.4 Å². The summed E-state index contributed by atoms with van der Waals surface area (Å²) in [5.74, 6) is 1.34. The Morgan fingerprint density at radius 2 is 1.91 bits per heavy atom. The Hall–Kier alpha value is -1.62. The first-order valence-corrected chi connectivity index (χ1v) is 8.31. The molecule has 5 heteroatoms. The first kappa shape index (κ1) is 16.7. The summed E-state index contributed by atoms with van der Waals surface area (Å²) in [6.45, 7) is 3.97. The third kappa shape index (κ3) is 5.64. The maximum Gasteiger partial charge on any atom is 0.226 e. The molecule has 1 amide bonds. The van der Waals surface area contributed by atoms with Crippen LogP contribution in [0, 0.1) is 5.92 Å². The van der Waals surface area contributed by atoms with Crippen molar-refractivity contribution in [3.05, 3.63) is 24.3 Å². The number of hydrogen-bond donors (Lipinski definition) is 2. The summed E-state index contributed by atoms with van der Waals surface area (Å²) in [7, 11) is 0. The molecular formula is C17H24N2O2S. The van der Waals surface area contributed by atoms with Gasteiger partial charge in [-0.3, -0.25) is 4.79 Å². The summed E-state index contributed by atoms with van der Waals surface area (Å²) >= 11 is 5.18. The van der Waals surface area contributed by atoms with Gasteiger partial charge in [0.2, 0.25) is 5.91 Å². The van der Waals surface area contributed by atoms with E-state index in [4.69, 9.17) is 17.0 Å². The Balaban J connectivity index is 1.77. The van der Waals surface area contributed by atoms with Gasteiger partial charge in [-0.25, -0.2) is 0 Å². The van der Waals surface area contributed by atoms with E-state index in [9.17, 15) is 4.79 Å². The molecule has 0 aromatic heterocycles. The predicted octanol–water partition coefficient (Wildman–Crippen LogP) is 3.87. The minimum atomic E-state index is 0.00385. The van der Waals surface area contributed by atoms with Crippen molar-refractivity contribution in [3.63, 3.8) is 0 Å². The molecule has 2 rings (SSSR count). The molecule has 0 atom stereocenters. The molecule has 120 valence electrons. The SMILES string of the molecule is CC(C)Oc1ccc(NC(=S)NC(=O)CC2CCCC2)cc1. The number of carbonyl (C=O) groups excluding carboxylic acids is 1. The van der Waals surface area contributed by atoms with Crippen LogP contribution in [0.4, 0.5) is 5.69 Å². The van der Waals surface area contributed by atoms with E-state index in [-0.39, 0.29) is 12.0 Å². The Morgan fingerprint density at radius 3 is 2.50 bits per heavy atom. The van der Waals surface area contributed by atoms with E-state index in [0.717, 1.165) is 24.3 Å². The van der Waals surface area contributed by atoms with Crippen LogP contribution < -0.4 is 15.4 Å². The van der Waals surface area contributed by atoms with Crippen molar-refractivity contribution in [1.29, 1.82) is 0 Å². The van der Waals surface area contributed by atoms with Gasteiger partial charge in [-0.1, -0.05) is 12.8 Å². The smallest absolute Gasteiger partial charge is 0.226 e. The standard InChI is InChI=1S/C17H24N2O2S/c1-12(2)21-15-9-7-14(8-10-15)18-17(22)19-16(20)11-13-5-3-4-6-13/h7-10,12-13H,3-6,11H2,1-2H3,(H2,18,19,20,22). The summed E-state index contributed by atoms with van der Waals surface area (Å²) in [6, 6.07) is 7.52. The van der Waals surface area contributed by atoms with Crippen molar-refractivity contribution in [2.75, 3.05) is 5.32 Å². The molecule has 0 bridgehead atoms. The Bertz CT molecular complexity index is 508. The van der Waals surface area contributed by atoms with Crippen molar-refractivity contribution in [2.45, 2.75) is 52.1 Å². The second-order valence-electron chi connectivity index (χ2n) is 6.05. The fourth-order valence-corrected chi connectivity index (χ4v) is 2.94. The van der Waals surface area contributed by atoms with Gasteiger partial charge < -0.3 is 15.4 Å². The number of hydrogen-bond acceptors (Lipinski definition) is 3. The lowest BCUT2D eigenvalue weighted by Crippen LogP contribution is -2.34. The number of benzene rings is 1. The summed E-state index contributed by atoms with van der Waals surface area (Å²) < 4.78 is 5.58. The van der Waals surface area contributed by atoms with Crippen LogP contribution in [0.25, 0.3) is 0 Å². The fraction of sp³-hybridized carbons (Fsp3) is 0.529. The Morgan fingerprint density at radius 1 is 1.27 bits per heavy atom. The van der Waals surface area contributed by atoms with E-state index in [1.807, 2.05) is 38.1 Å². The van der Waals surface area contributed by atoms with Crippen molar-refractivity contribution in [3.8, 4) is 5.75 Å². The van der Waals surface area contributed by atoms with Gasteiger partial charge in [0.05, 0.1) is 6.10 Å². The number of rotatable bonds is 5. The third-order valence-corrected chi connectivity index (χ3v) is 3.89. The minimum Gasteiger partial charge on any atom is -0.491 e. The zero-order valence-electron chi connectivity index (χ0n) is 13.2. The molecule has 0 aliphatic heterocycles. The van der Waals surface area contributed by atoms with Gasteiger partial charge in [0, 0.05) is 12.1 Å². The van der Waals surface area contributed by atoms with Gasteiger partial charge in [0.1, 0.15) is 5.75 Å². The van der Waals surface area contributed by atoms with Crippen LogP contribution in [-0.2, 0) is 4.79 Å². The molecule has 1 aromatic rings. The number of carbonyl (C=O) groups is 1. The zero-order valence-corrected chi connectivity index (χ0v) is 14.0. The third-order valence-electron chi connectivity index (χ3n) is 3.69. The molecule has 0 spiro atoms. The normalized spacial score (nSPS) is 14.9. The lowest BCUT2D eigenvalue weighted by molar-refractivity contribution is -0.120. The highest BCUT2D eigenvalue weighted by atomic mass is 32.1. The van der Waals surface area contributed by atoms with Gasteiger partial charge in [-0.05, 0) is 69.1 Å². The molecule has 2 N–H and O–H groups in total. The van der Waals surface area contributed by atoms with Crippen LogP contribution in [0.2, 0.25) is 0 Å². The van der Waals surface area contributed by atoms with Crippen LogP contribution in [0.1, 0.15) is 46.0 Å². The van der Waals surface area contributed by atoms with Gasteiger partial charge in [0.25, 0.3) is 0 Å². The largest absolute Gasteiger partial charge is 0.491 e. The van der Waals surface area contributed by atoms with E-state index >= 15 is 0 Å². The average molecular weight is 320 g/mol. The first-order valence-electron chi connectivity index (χ1n) is 7.90. The Labute approximate surface area is 137 Å². The van der Waals surface area contributed by atoms with E-state index < -0.39 is 0 Å². The number of nitrogens with one attached hydrogen (secondary N) is 2. The van der Waals surface area contributed by atoms with E-state index in [1.165, 1.54) is 12.8 Å². The highest BCUT2D eigenvalue weighted by molar-refractivity contribution is 7.80. The van der Waals surface area contributed by atoms with Crippen LogP contribution in [-0.4, -0.2) is 17.1 Å². The van der Waals surface area contributed by atoms with Gasteiger partial charge in [0.15, 0.2) is 5.11 Å². The summed E-state index contributed by atoms with van der Waals surface area (Å²) in [5, 5.41) is 6.12. The summed E-state index contributed by atoms with van der Waals surface area (Å²) in [5.41, 5.74) is 0.835. The minimum absolute atomic E-state index is 0.00385. The van der Waals surface area contributed by atoms with Crippen LogP contribution in [0.5, 0.6) is 5.75 Å². The highest BCUT2D eigenvalue weighted by Gasteiger charge is 2.18. The maximum atomic E-state index is 11.9. The fourth-order valence-electron chi connectivity index (χ4n) is 2.71. The van der Waals surface area contributed by atoms with Crippen molar-refractivity contribution in [1.82, 2.24) is 5.32 Å². The van der Waals surface area contributed by atoms with Crippen LogP contribution >= 0.6 is 12.2 Å². The monoisotopic (exact) mass is 320 g/mol. The van der Waals surface area contributed by atoms with Gasteiger partial charge in [-0.15, -0.1) is 0 Å². The van der Waals surface area contributed by atoms with Crippen molar-refractivity contribution < 1.29 is 9.53 Å². The lowest BCUT2D eigenvalue weighted by atomic mass is 10.0. The molecule has 1 fully saturated rings. The molecule has 22 heavy (non-hydrogen) atoms. The van der Waals surface area contributed by atoms with E-state index in [2.05, 4.69) is 10.6 Å². The molecule has 1 saturated carbocycles. The highest BCUT2D eigenvalue weighted by Crippen LogP contribution is 2.27. The van der Waals surface area contributed by atoms with E-state index in [1.54, 1.807) is 0 Å². The summed E-state index contributed by atoms with van der Waals surface area (Å²) in [6.07, 6.45) is 5.52. The molecule has 1 aromatic carbocycles. The quantitative estimate of drug-likeness (QED) is 0.809. The zero-order chi connectivity index (χ0) is 15.9.